The lowest BCUT2D eigenvalue weighted by molar-refractivity contribution is 0.168. The molecule has 3 nitrogen and oxygen atoms in total. The molecule has 0 saturated heterocycles. The number of aliphatic hydroxyl groups is 1. The second-order valence-corrected chi connectivity index (χ2v) is 2.59. The first-order chi connectivity index (χ1) is 4.68. The van der Waals surface area contributed by atoms with E-state index >= 15 is 0 Å². The van der Waals surface area contributed by atoms with Gasteiger partial charge in [0, 0.05) is 6.20 Å². The van der Waals surface area contributed by atoms with Gasteiger partial charge in [0.1, 0.15) is 0 Å². The molecular weight excluding hydrogens is 128 g/mol. The van der Waals surface area contributed by atoms with Gasteiger partial charge in [0.2, 0.25) is 0 Å². The minimum atomic E-state index is -0.320. The van der Waals surface area contributed by atoms with Crippen LogP contribution in [0.15, 0.2) is 12.4 Å². The van der Waals surface area contributed by atoms with Crippen LogP contribution in [-0.2, 0) is 6.54 Å². The van der Waals surface area contributed by atoms with Gasteiger partial charge >= 0.3 is 0 Å². The fourth-order valence-corrected chi connectivity index (χ4v) is 0.838. The van der Waals surface area contributed by atoms with Crippen LogP contribution in [0.1, 0.15) is 12.5 Å². The van der Waals surface area contributed by atoms with Crippen molar-refractivity contribution in [2.45, 2.75) is 26.5 Å². The molecule has 1 N–H and O–H groups in total. The summed E-state index contributed by atoms with van der Waals surface area (Å²) in [6.45, 7) is 4.30. The van der Waals surface area contributed by atoms with Crippen LogP contribution in [0.25, 0.3) is 0 Å². The summed E-state index contributed by atoms with van der Waals surface area (Å²) >= 11 is 0. The molecule has 1 aromatic rings. The number of hydrogen-bond donors (Lipinski definition) is 1. The molecule has 0 bridgehead atoms. The van der Waals surface area contributed by atoms with Gasteiger partial charge in [-0.3, -0.25) is 4.68 Å². The Morgan fingerprint density at radius 3 is 2.90 bits per heavy atom. The van der Waals surface area contributed by atoms with Crippen LogP contribution in [0.2, 0.25) is 0 Å². The van der Waals surface area contributed by atoms with Crippen molar-refractivity contribution < 1.29 is 5.11 Å². The number of aryl methyl sites for hydroxylation is 1. The standard InChI is InChI=1S/C7H12N2O/c1-6-3-8-9(4-6)5-7(2)10/h3-4,7,10H,5H2,1-2H3/t7-/m1/s1. The molecule has 0 spiro atoms. The number of aliphatic hydroxyl groups excluding tert-OH is 1. The average molecular weight is 140 g/mol. The van der Waals surface area contributed by atoms with Crippen LogP contribution in [0.5, 0.6) is 0 Å². The SMILES string of the molecule is Cc1cnn(C[C@@H](C)O)c1. The predicted molar refractivity (Wildman–Crippen MR) is 38.6 cm³/mol. The van der Waals surface area contributed by atoms with Gasteiger partial charge in [0.15, 0.2) is 0 Å². The highest BCUT2D eigenvalue weighted by molar-refractivity contribution is 4.99. The van der Waals surface area contributed by atoms with E-state index in [0.717, 1.165) is 5.56 Å². The average Bonchev–Trinajstić information content (AvgIpc) is 2.13. The Hall–Kier alpha value is -0.830. The molecule has 10 heavy (non-hydrogen) atoms. The molecule has 0 aliphatic carbocycles. The van der Waals surface area contributed by atoms with Gasteiger partial charge < -0.3 is 5.11 Å². The molecule has 0 saturated carbocycles. The zero-order valence-corrected chi connectivity index (χ0v) is 6.28. The zero-order chi connectivity index (χ0) is 7.56. The van der Waals surface area contributed by atoms with Gasteiger partial charge in [-0.15, -0.1) is 0 Å². The van der Waals surface area contributed by atoms with Crippen molar-refractivity contribution in [3.05, 3.63) is 18.0 Å². The molecule has 0 aliphatic rings. The fraction of sp³-hybridized carbons (Fsp3) is 0.571. The number of hydrogen-bond acceptors (Lipinski definition) is 2. The molecule has 1 aromatic heterocycles. The number of aromatic nitrogens is 2. The van der Waals surface area contributed by atoms with Crippen molar-refractivity contribution in [2.75, 3.05) is 0 Å². The van der Waals surface area contributed by atoms with E-state index in [1.165, 1.54) is 0 Å². The molecule has 3 heteroatoms. The number of rotatable bonds is 2. The summed E-state index contributed by atoms with van der Waals surface area (Å²) in [6, 6.07) is 0. The first kappa shape index (κ1) is 7.28. The van der Waals surface area contributed by atoms with Crippen LogP contribution in [0, 0.1) is 6.92 Å². The summed E-state index contributed by atoms with van der Waals surface area (Å²) in [7, 11) is 0. The van der Waals surface area contributed by atoms with Crippen molar-refractivity contribution >= 4 is 0 Å². The Morgan fingerprint density at radius 2 is 2.50 bits per heavy atom. The molecule has 0 aromatic carbocycles. The molecule has 0 aliphatic heterocycles. The van der Waals surface area contributed by atoms with Crippen LogP contribution in [-0.4, -0.2) is 21.0 Å². The predicted octanol–water partition coefficient (Wildman–Crippen LogP) is 0.572. The van der Waals surface area contributed by atoms with E-state index in [2.05, 4.69) is 5.10 Å². The van der Waals surface area contributed by atoms with E-state index in [4.69, 9.17) is 5.11 Å². The van der Waals surface area contributed by atoms with E-state index < -0.39 is 0 Å². The van der Waals surface area contributed by atoms with Gasteiger partial charge in [-0.1, -0.05) is 0 Å². The smallest absolute Gasteiger partial charge is 0.0708 e. The summed E-state index contributed by atoms with van der Waals surface area (Å²) in [6.07, 6.45) is 3.37. The number of nitrogens with zero attached hydrogens (tertiary/aromatic N) is 2. The Morgan fingerprint density at radius 1 is 1.80 bits per heavy atom. The maximum Gasteiger partial charge on any atom is 0.0708 e. The maximum atomic E-state index is 8.95. The third-order valence-corrected chi connectivity index (χ3v) is 1.21. The van der Waals surface area contributed by atoms with Crippen molar-refractivity contribution in [3.8, 4) is 0 Å². The molecule has 1 heterocycles. The van der Waals surface area contributed by atoms with Gasteiger partial charge in [0.25, 0.3) is 0 Å². The second-order valence-electron chi connectivity index (χ2n) is 2.59. The van der Waals surface area contributed by atoms with E-state index in [1.807, 2.05) is 13.1 Å². The topological polar surface area (TPSA) is 38.0 Å². The largest absolute Gasteiger partial charge is 0.391 e. The summed E-state index contributed by atoms with van der Waals surface area (Å²) in [4.78, 5) is 0. The Labute approximate surface area is 60.3 Å². The lowest BCUT2D eigenvalue weighted by atomic mass is 10.4. The van der Waals surface area contributed by atoms with Crippen LogP contribution in [0.4, 0.5) is 0 Å². The molecule has 0 radical (unpaired) electrons. The van der Waals surface area contributed by atoms with Crippen molar-refractivity contribution in [1.29, 1.82) is 0 Å². The molecule has 0 amide bonds. The second kappa shape index (κ2) is 2.84. The minimum absolute atomic E-state index is 0.320. The van der Waals surface area contributed by atoms with E-state index in [9.17, 15) is 0 Å². The highest BCUT2D eigenvalue weighted by Crippen LogP contribution is 1.95. The first-order valence-corrected chi connectivity index (χ1v) is 3.35. The third-order valence-electron chi connectivity index (χ3n) is 1.21. The third kappa shape index (κ3) is 1.84. The maximum absolute atomic E-state index is 8.95. The zero-order valence-electron chi connectivity index (χ0n) is 6.28. The molecular formula is C7H12N2O. The van der Waals surface area contributed by atoms with Crippen molar-refractivity contribution in [1.82, 2.24) is 9.78 Å². The molecule has 1 atom stereocenters. The van der Waals surface area contributed by atoms with Gasteiger partial charge in [-0.05, 0) is 19.4 Å². The van der Waals surface area contributed by atoms with E-state index in [0.29, 0.717) is 6.54 Å². The van der Waals surface area contributed by atoms with E-state index in [1.54, 1.807) is 17.8 Å². The highest BCUT2D eigenvalue weighted by Gasteiger charge is 1.97. The quantitative estimate of drug-likeness (QED) is 0.652. The Balaban J connectivity index is 2.58. The normalized spacial score (nSPS) is 13.5. The van der Waals surface area contributed by atoms with Crippen molar-refractivity contribution in [2.24, 2.45) is 0 Å². The monoisotopic (exact) mass is 140 g/mol. The molecule has 1 rings (SSSR count). The first-order valence-electron chi connectivity index (χ1n) is 3.35. The summed E-state index contributed by atoms with van der Waals surface area (Å²) in [5.41, 5.74) is 1.13. The van der Waals surface area contributed by atoms with Gasteiger partial charge in [-0.25, -0.2) is 0 Å². The summed E-state index contributed by atoms with van der Waals surface area (Å²) in [5, 5.41) is 13.0. The lowest BCUT2D eigenvalue weighted by Crippen LogP contribution is -2.11. The molecule has 56 valence electrons. The van der Waals surface area contributed by atoms with Gasteiger partial charge in [0.05, 0.1) is 18.8 Å². The fourth-order valence-electron chi connectivity index (χ4n) is 0.838. The molecule has 0 unspecified atom stereocenters. The van der Waals surface area contributed by atoms with Crippen LogP contribution >= 0.6 is 0 Å². The van der Waals surface area contributed by atoms with Crippen LogP contribution < -0.4 is 0 Å². The van der Waals surface area contributed by atoms with Crippen LogP contribution in [0.3, 0.4) is 0 Å². The Kier molecular flexibility index (Phi) is 2.06. The Bertz CT molecular complexity index is 205. The summed E-state index contributed by atoms with van der Waals surface area (Å²) < 4.78 is 1.74. The minimum Gasteiger partial charge on any atom is -0.391 e. The lowest BCUT2D eigenvalue weighted by Gasteiger charge is -2.02. The van der Waals surface area contributed by atoms with Crippen molar-refractivity contribution in [3.63, 3.8) is 0 Å². The van der Waals surface area contributed by atoms with E-state index in [-0.39, 0.29) is 6.10 Å². The van der Waals surface area contributed by atoms with Gasteiger partial charge in [-0.2, -0.15) is 5.10 Å². The molecule has 0 fully saturated rings. The highest BCUT2D eigenvalue weighted by atomic mass is 16.3. The summed E-state index contributed by atoms with van der Waals surface area (Å²) in [5.74, 6) is 0.